The lowest BCUT2D eigenvalue weighted by Crippen LogP contribution is -2.26. The summed E-state index contributed by atoms with van der Waals surface area (Å²) in [4.78, 5) is 22.7. The molecule has 0 N–H and O–H groups in total. The van der Waals surface area contributed by atoms with Crippen LogP contribution >= 0.6 is 11.6 Å². The molecule has 1 aliphatic carbocycles. The third-order valence-corrected chi connectivity index (χ3v) is 5.76. The van der Waals surface area contributed by atoms with Gasteiger partial charge in [0.25, 0.3) is 5.56 Å². The second kappa shape index (κ2) is 6.60. The van der Waals surface area contributed by atoms with Crippen LogP contribution in [0.2, 0.25) is 5.02 Å². The van der Waals surface area contributed by atoms with Gasteiger partial charge in [-0.3, -0.25) is 9.36 Å². The fourth-order valence-corrected chi connectivity index (χ4v) is 4.22. The minimum atomic E-state index is -0.134. The van der Waals surface area contributed by atoms with Crippen molar-refractivity contribution in [1.82, 2.24) is 19.1 Å². The summed E-state index contributed by atoms with van der Waals surface area (Å²) >= 11 is 6.07. The van der Waals surface area contributed by atoms with Gasteiger partial charge in [0.05, 0.1) is 12.0 Å². The van der Waals surface area contributed by atoms with Crippen LogP contribution in [0.25, 0.3) is 16.9 Å². The number of hydrogen-bond acceptors (Lipinski definition) is 3. The number of benzene rings is 2. The largest absolute Gasteiger partial charge is 0.315 e. The highest BCUT2D eigenvalue weighted by Crippen LogP contribution is 2.34. The van der Waals surface area contributed by atoms with E-state index < -0.39 is 0 Å². The van der Waals surface area contributed by atoms with Crippen molar-refractivity contribution >= 4 is 22.8 Å². The van der Waals surface area contributed by atoms with E-state index in [1.54, 1.807) is 23.0 Å². The zero-order chi connectivity index (χ0) is 19.3. The van der Waals surface area contributed by atoms with E-state index in [9.17, 15) is 4.79 Å². The van der Waals surface area contributed by atoms with Crippen molar-refractivity contribution in [2.75, 3.05) is 0 Å². The summed E-state index contributed by atoms with van der Waals surface area (Å²) in [5.41, 5.74) is 4.34. The van der Waals surface area contributed by atoms with E-state index in [0.717, 1.165) is 30.9 Å². The molecule has 140 valence electrons. The molecule has 4 aromatic rings. The predicted molar refractivity (Wildman–Crippen MR) is 110 cm³/mol. The first-order valence-electron chi connectivity index (χ1n) is 9.46. The van der Waals surface area contributed by atoms with E-state index in [-0.39, 0.29) is 11.5 Å². The molecule has 0 amide bonds. The Morgan fingerprint density at radius 1 is 1.07 bits per heavy atom. The molecule has 1 aliphatic rings. The number of aryl methyl sites for hydroxylation is 1. The first-order valence-corrected chi connectivity index (χ1v) is 9.84. The highest BCUT2D eigenvalue weighted by Gasteiger charge is 2.28. The van der Waals surface area contributed by atoms with Crippen LogP contribution in [0.5, 0.6) is 0 Å². The minimum absolute atomic E-state index is 0.134. The maximum atomic E-state index is 13.4. The third-order valence-electron chi connectivity index (χ3n) is 5.51. The summed E-state index contributed by atoms with van der Waals surface area (Å²) < 4.78 is 3.64. The van der Waals surface area contributed by atoms with Gasteiger partial charge in [-0.15, -0.1) is 0 Å². The maximum Gasteiger partial charge on any atom is 0.286 e. The summed E-state index contributed by atoms with van der Waals surface area (Å²) in [5, 5.41) is 0.635. The lowest BCUT2D eigenvalue weighted by Gasteiger charge is -2.17. The van der Waals surface area contributed by atoms with Crippen LogP contribution in [0.15, 0.2) is 59.7 Å². The van der Waals surface area contributed by atoms with Gasteiger partial charge in [0.1, 0.15) is 5.82 Å². The molecule has 0 saturated heterocycles. The molecule has 2 aromatic heterocycles. The van der Waals surface area contributed by atoms with E-state index in [1.165, 1.54) is 11.1 Å². The van der Waals surface area contributed by atoms with E-state index in [0.29, 0.717) is 16.2 Å². The Hall–Kier alpha value is -2.92. The van der Waals surface area contributed by atoms with Gasteiger partial charge in [0.15, 0.2) is 11.2 Å². The number of hydrogen-bond donors (Lipinski definition) is 0. The van der Waals surface area contributed by atoms with Crippen LogP contribution in [-0.4, -0.2) is 19.1 Å². The van der Waals surface area contributed by atoms with Gasteiger partial charge >= 0.3 is 0 Å². The van der Waals surface area contributed by atoms with Crippen LogP contribution in [-0.2, 0) is 19.4 Å². The molecule has 5 rings (SSSR count). The topological polar surface area (TPSA) is 52.7 Å². The Morgan fingerprint density at radius 2 is 1.75 bits per heavy atom. The molecular formula is C22H19ClN4O. The molecule has 0 saturated carbocycles. The van der Waals surface area contributed by atoms with Gasteiger partial charge in [-0.1, -0.05) is 35.9 Å². The van der Waals surface area contributed by atoms with Crippen LogP contribution < -0.4 is 5.56 Å². The number of rotatable bonds is 3. The van der Waals surface area contributed by atoms with Crippen molar-refractivity contribution in [3.63, 3.8) is 0 Å². The van der Waals surface area contributed by atoms with E-state index in [4.69, 9.17) is 16.6 Å². The van der Waals surface area contributed by atoms with Crippen molar-refractivity contribution in [2.45, 2.75) is 32.2 Å². The standard InChI is InChI=1S/C22H19ClN4O/c1-2-26-13-24-19-21(26)25-20(16-11-14-5-3-4-6-15(14)12-16)27(22(19)28)18-9-7-17(23)8-10-18/h3-10,13,16H,2,11-12H2,1H3. The number of nitrogens with zero attached hydrogens (tertiary/aromatic N) is 4. The monoisotopic (exact) mass is 390 g/mol. The normalized spacial score (nSPS) is 13.9. The SMILES string of the molecule is CCn1cnc2c(=O)n(-c3ccc(Cl)cc3)c(C3Cc4ccccc4C3)nc21. The molecule has 6 heteroatoms. The lowest BCUT2D eigenvalue weighted by atomic mass is 10.0. The Balaban J connectivity index is 1.75. The molecule has 0 radical (unpaired) electrons. The fraction of sp³-hybridized carbons (Fsp3) is 0.227. The molecule has 28 heavy (non-hydrogen) atoms. The van der Waals surface area contributed by atoms with Crippen LogP contribution in [0.3, 0.4) is 0 Å². The summed E-state index contributed by atoms with van der Waals surface area (Å²) in [6, 6.07) is 15.8. The summed E-state index contributed by atoms with van der Waals surface area (Å²) in [6.07, 6.45) is 3.45. The molecule has 5 nitrogen and oxygen atoms in total. The average molecular weight is 391 g/mol. The second-order valence-corrected chi connectivity index (χ2v) is 7.60. The molecule has 2 heterocycles. The summed E-state index contributed by atoms with van der Waals surface area (Å²) in [6.45, 7) is 2.75. The summed E-state index contributed by atoms with van der Waals surface area (Å²) in [7, 11) is 0. The molecule has 0 fully saturated rings. The molecule has 0 unspecified atom stereocenters. The fourth-order valence-electron chi connectivity index (χ4n) is 4.10. The molecule has 0 atom stereocenters. The first kappa shape index (κ1) is 17.2. The van der Waals surface area contributed by atoms with Crippen LogP contribution in [0, 0.1) is 0 Å². The van der Waals surface area contributed by atoms with Gasteiger partial charge in [-0.05, 0) is 55.2 Å². The van der Waals surface area contributed by atoms with Crippen molar-refractivity contribution in [1.29, 1.82) is 0 Å². The zero-order valence-electron chi connectivity index (χ0n) is 15.5. The summed E-state index contributed by atoms with van der Waals surface area (Å²) in [5.74, 6) is 0.927. The Kier molecular flexibility index (Phi) is 4.05. The van der Waals surface area contributed by atoms with Gasteiger partial charge < -0.3 is 4.57 Å². The quantitative estimate of drug-likeness (QED) is 0.528. The average Bonchev–Trinajstić information content (AvgIpc) is 3.32. The van der Waals surface area contributed by atoms with E-state index in [2.05, 4.69) is 29.2 Å². The van der Waals surface area contributed by atoms with Crippen molar-refractivity contribution in [2.24, 2.45) is 0 Å². The van der Waals surface area contributed by atoms with Crippen molar-refractivity contribution in [3.05, 3.63) is 87.2 Å². The Morgan fingerprint density at radius 3 is 2.39 bits per heavy atom. The highest BCUT2D eigenvalue weighted by molar-refractivity contribution is 6.30. The number of halogens is 1. The van der Waals surface area contributed by atoms with Crippen LogP contribution in [0.1, 0.15) is 29.8 Å². The number of imidazole rings is 1. The van der Waals surface area contributed by atoms with E-state index in [1.807, 2.05) is 23.6 Å². The van der Waals surface area contributed by atoms with Crippen molar-refractivity contribution in [3.8, 4) is 5.69 Å². The van der Waals surface area contributed by atoms with Gasteiger partial charge in [0.2, 0.25) is 0 Å². The number of aromatic nitrogens is 4. The lowest BCUT2D eigenvalue weighted by molar-refractivity contribution is 0.645. The van der Waals surface area contributed by atoms with E-state index >= 15 is 0 Å². The van der Waals surface area contributed by atoms with Gasteiger partial charge in [0, 0.05) is 17.5 Å². The smallest absolute Gasteiger partial charge is 0.286 e. The first-order chi connectivity index (χ1) is 13.7. The number of fused-ring (bicyclic) bond motifs is 2. The highest BCUT2D eigenvalue weighted by atomic mass is 35.5. The Labute approximate surface area is 167 Å². The van der Waals surface area contributed by atoms with Gasteiger partial charge in [-0.2, -0.15) is 0 Å². The molecule has 0 bridgehead atoms. The van der Waals surface area contributed by atoms with Crippen molar-refractivity contribution < 1.29 is 0 Å². The maximum absolute atomic E-state index is 13.4. The van der Waals surface area contributed by atoms with Crippen LogP contribution in [0.4, 0.5) is 0 Å². The molecule has 0 spiro atoms. The molecule has 2 aromatic carbocycles. The Bertz CT molecular complexity index is 1210. The zero-order valence-corrected chi connectivity index (χ0v) is 16.2. The minimum Gasteiger partial charge on any atom is -0.315 e. The third kappa shape index (κ3) is 2.66. The molecular weight excluding hydrogens is 372 g/mol. The van der Waals surface area contributed by atoms with Gasteiger partial charge in [-0.25, -0.2) is 9.97 Å². The molecule has 0 aliphatic heterocycles. The second-order valence-electron chi connectivity index (χ2n) is 7.16. The predicted octanol–water partition coefficient (Wildman–Crippen LogP) is 4.14.